The van der Waals surface area contributed by atoms with Crippen LogP contribution < -0.4 is 9.73 Å². The van der Waals surface area contributed by atoms with Gasteiger partial charge in [0.1, 0.15) is 0 Å². The second kappa shape index (κ2) is 12.7. The summed E-state index contributed by atoms with van der Waals surface area (Å²) in [6.07, 6.45) is 1.63. The van der Waals surface area contributed by atoms with Crippen LogP contribution in [0.3, 0.4) is 0 Å². The monoisotopic (exact) mass is 610 g/mol. The number of rotatable bonds is 9. The topological polar surface area (TPSA) is 83.8 Å². The minimum absolute atomic E-state index is 0.0511. The number of para-hydroxylation sites is 1. The number of aryl methyl sites for hydroxylation is 2. The molecule has 0 aliphatic heterocycles. The summed E-state index contributed by atoms with van der Waals surface area (Å²) >= 11 is 6.26. The fourth-order valence-electron chi connectivity index (χ4n) is 4.92. The zero-order chi connectivity index (χ0) is 30.6. The van der Waals surface area contributed by atoms with Crippen molar-refractivity contribution in [2.45, 2.75) is 32.2 Å². The standard InChI is InChI=1S/C34H31ClN4O3S/c1-24-14-19-30(35)21-33(24)38(43(41,42)32-12-8-5-9-13-32)23-27-15-17-28(18-16-27)34(40)37-36-22-29-20-25(2)39(26(29)3)31-10-6-4-7-11-31/h4-22H,23H2,1-3H3,(H,37,40). The number of hydrogen-bond acceptors (Lipinski definition) is 4. The highest BCUT2D eigenvalue weighted by atomic mass is 35.5. The third-order valence-electron chi connectivity index (χ3n) is 7.17. The van der Waals surface area contributed by atoms with Crippen molar-refractivity contribution < 1.29 is 13.2 Å². The molecular formula is C34H31ClN4O3S. The number of halogens is 1. The molecule has 5 rings (SSSR count). The predicted octanol–water partition coefficient (Wildman–Crippen LogP) is 7.22. The SMILES string of the molecule is Cc1ccc(Cl)cc1N(Cc1ccc(C(=O)NN=Cc2cc(C)n(-c3ccccc3)c2C)cc1)S(=O)(=O)c1ccccc1. The Hall–Kier alpha value is -4.66. The maximum atomic E-state index is 13.7. The average molecular weight is 611 g/mol. The van der Waals surface area contributed by atoms with Crippen molar-refractivity contribution in [3.8, 4) is 5.69 Å². The Morgan fingerprint density at radius 3 is 2.21 bits per heavy atom. The smallest absolute Gasteiger partial charge is 0.271 e. The van der Waals surface area contributed by atoms with Crippen LogP contribution in [0.25, 0.3) is 5.69 Å². The van der Waals surface area contributed by atoms with Crippen LogP contribution in [0.4, 0.5) is 5.69 Å². The first kappa shape index (κ1) is 29.8. The Labute approximate surface area is 257 Å². The Bertz CT molecular complexity index is 1890. The number of aromatic nitrogens is 1. The molecule has 0 aliphatic rings. The summed E-state index contributed by atoms with van der Waals surface area (Å²) in [6, 6.07) is 32.3. The van der Waals surface area contributed by atoms with E-state index in [9.17, 15) is 13.2 Å². The summed E-state index contributed by atoms with van der Waals surface area (Å²) in [5.41, 5.74) is 8.96. The molecule has 1 aromatic heterocycles. The molecule has 0 fully saturated rings. The molecule has 0 spiro atoms. The number of anilines is 1. The highest BCUT2D eigenvalue weighted by Gasteiger charge is 2.26. The first-order chi connectivity index (χ1) is 20.6. The number of hydrazone groups is 1. The second-order valence-corrected chi connectivity index (χ2v) is 12.4. The third-order valence-corrected chi connectivity index (χ3v) is 9.18. The molecule has 0 bridgehead atoms. The number of benzene rings is 4. The summed E-state index contributed by atoms with van der Waals surface area (Å²) in [5, 5.41) is 4.62. The van der Waals surface area contributed by atoms with Crippen LogP contribution in [0, 0.1) is 20.8 Å². The van der Waals surface area contributed by atoms with Gasteiger partial charge in [0.2, 0.25) is 0 Å². The summed E-state index contributed by atoms with van der Waals surface area (Å²) in [5.74, 6) is -0.376. The van der Waals surface area contributed by atoms with Gasteiger partial charge in [0.05, 0.1) is 23.3 Å². The van der Waals surface area contributed by atoms with Crippen molar-refractivity contribution in [3.63, 3.8) is 0 Å². The normalized spacial score (nSPS) is 11.5. The fraction of sp³-hybridized carbons (Fsp3) is 0.118. The number of carbonyl (C=O) groups excluding carboxylic acids is 1. The Balaban J connectivity index is 1.33. The highest BCUT2D eigenvalue weighted by Crippen LogP contribution is 2.31. The van der Waals surface area contributed by atoms with Crippen LogP contribution in [-0.2, 0) is 16.6 Å². The Morgan fingerprint density at radius 1 is 0.884 bits per heavy atom. The molecule has 1 N–H and O–H groups in total. The minimum Gasteiger partial charge on any atom is -0.318 e. The highest BCUT2D eigenvalue weighted by molar-refractivity contribution is 7.92. The lowest BCUT2D eigenvalue weighted by Gasteiger charge is -2.26. The van der Waals surface area contributed by atoms with Crippen molar-refractivity contribution in [1.82, 2.24) is 9.99 Å². The van der Waals surface area contributed by atoms with Crippen LogP contribution in [0.2, 0.25) is 5.02 Å². The van der Waals surface area contributed by atoms with Gasteiger partial charge < -0.3 is 4.57 Å². The molecule has 218 valence electrons. The molecule has 4 aromatic carbocycles. The van der Waals surface area contributed by atoms with Gasteiger partial charge in [-0.05, 0) is 86.5 Å². The van der Waals surface area contributed by atoms with E-state index in [-0.39, 0.29) is 17.3 Å². The van der Waals surface area contributed by atoms with Crippen molar-refractivity contribution in [2.24, 2.45) is 5.10 Å². The van der Waals surface area contributed by atoms with E-state index >= 15 is 0 Å². The molecule has 0 aliphatic carbocycles. The van der Waals surface area contributed by atoms with Crippen LogP contribution in [0.5, 0.6) is 0 Å². The van der Waals surface area contributed by atoms with Gasteiger partial charge in [-0.1, -0.05) is 66.2 Å². The van der Waals surface area contributed by atoms with Crippen molar-refractivity contribution >= 4 is 39.4 Å². The zero-order valence-corrected chi connectivity index (χ0v) is 25.6. The number of hydrogen-bond donors (Lipinski definition) is 1. The molecule has 1 heterocycles. The van der Waals surface area contributed by atoms with E-state index in [2.05, 4.69) is 15.1 Å². The number of sulfonamides is 1. The molecule has 9 heteroatoms. The molecule has 0 radical (unpaired) electrons. The lowest BCUT2D eigenvalue weighted by molar-refractivity contribution is 0.0955. The minimum atomic E-state index is -3.90. The van der Waals surface area contributed by atoms with Crippen LogP contribution in [-0.4, -0.2) is 25.1 Å². The zero-order valence-electron chi connectivity index (χ0n) is 24.0. The molecule has 0 atom stereocenters. The van der Waals surface area contributed by atoms with Crippen LogP contribution >= 0.6 is 11.6 Å². The lowest BCUT2D eigenvalue weighted by atomic mass is 10.1. The predicted molar refractivity (Wildman–Crippen MR) is 173 cm³/mol. The van der Waals surface area contributed by atoms with Gasteiger partial charge in [-0.25, -0.2) is 13.8 Å². The van der Waals surface area contributed by atoms with Crippen molar-refractivity contribution in [3.05, 3.63) is 148 Å². The van der Waals surface area contributed by atoms with E-state index < -0.39 is 10.0 Å². The second-order valence-electron chi connectivity index (χ2n) is 10.1. The molecule has 5 aromatic rings. The largest absolute Gasteiger partial charge is 0.318 e. The Morgan fingerprint density at radius 2 is 1.53 bits per heavy atom. The maximum absolute atomic E-state index is 13.7. The van der Waals surface area contributed by atoms with Crippen LogP contribution in [0.1, 0.15) is 38.4 Å². The van der Waals surface area contributed by atoms with Gasteiger partial charge in [-0.15, -0.1) is 0 Å². The third kappa shape index (κ3) is 6.56. The van der Waals surface area contributed by atoms with E-state index in [0.29, 0.717) is 21.8 Å². The summed E-state index contributed by atoms with van der Waals surface area (Å²) < 4.78 is 31.0. The first-order valence-electron chi connectivity index (χ1n) is 13.7. The summed E-state index contributed by atoms with van der Waals surface area (Å²) in [6.45, 7) is 5.92. The molecule has 43 heavy (non-hydrogen) atoms. The molecule has 0 saturated heterocycles. The molecule has 1 amide bonds. The first-order valence-corrected chi connectivity index (χ1v) is 15.5. The number of nitrogens with zero attached hydrogens (tertiary/aromatic N) is 3. The number of carbonyl (C=O) groups is 1. The van der Waals surface area contributed by atoms with Gasteiger partial charge in [-0.2, -0.15) is 5.10 Å². The van der Waals surface area contributed by atoms with Gasteiger partial charge in [0.25, 0.3) is 15.9 Å². The van der Waals surface area contributed by atoms with E-state index in [4.69, 9.17) is 11.6 Å². The van der Waals surface area contributed by atoms with E-state index in [1.54, 1.807) is 79.0 Å². The molecule has 0 unspecified atom stereocenters. The van der Waals surface area contributed by atoms with Gasteiger partial charge >= 0.3 is 0 Å². The maximum Gasteiger partial charge on any atom is 0.271 e. The summed E-state index contributed by atoms with van der Waals surface area (Å²) in [7, 11) is -3.90. The molecule has 0 saturated carbocycles. The van der Waals surface area contributed by atoms with E-state index in [0.717, 1.165) is 28.2 Å². The van der Waals surface area contributed by atoms with E-state index in [1.807, 2.05) is 57.2 Å². The molecular weight excluding hydrogens is 580 g/mol. The number of amides is 1. The average Bonchev–Trinajstić information content (AvgIpc) is 3.30. The lowest BCUT2D eigenvalue weighted by Crippen LogP contribution is -2.31. The summed E-state index contributed by atoms with van der Waals surface area (Å²) in [4.78, 5) is 13.0. The fourth-order valence-corrected chi connectivity index (χ4v) is 6.61. The molecule has 7 nitrogen and oxygen atoms in total. The van der Waals surface area contributed by atoms with Gasteiger partial charge in [0.15, 0.2) is 0 Å². The Kier molecular flexibility index (Phi) is 8.80. The van der Waals surface area contributed by atoms with Crippen LogP contribution in [0.15, 0.2) is 119 Å². The van der Waals surface area contributed by atoms with Crippen molar-refractivity contribution in [1.29, 1.82) is 0 Å². The van der Waals surface area contributed by atoms with E-state index in [1.165, 1.54) is 4.31 Å². The van der Waals surface area contributed by atoms with Crippen molar-refractivity contribution in [2.75, 3.05) is 4.31 Å². The van der Waals surface area contributed by atoms with Gasteiger partial charge in [-0.3, -0.25) is 9.10 Å². The van der Waals surface area contributed by atoms with Gasteiger partial charge in [0, 0.05) is 33.2 Å². The quantitative estimate of drug-likeness (QED) is 0.141. The number of nitrogens with one attached hydrogen (secondary N) is 1.